The number of hydrogen-bond acceptors (Lipinski definition) is 1. The number of carbonyl (C=O) groups is 1. The summed E-state index contributed by atoms with van der Waals surface area (Å²) in [7, 11) is 0. The predicted octanol–water partition coefficient (Wildman–Crippen LogP) is 2.93. The van der Waals surface area contributed by atoms with Crippen molar-refractivity contribution >= 4 is 5.78 Å². The van der Waals surface area contributed by atoms with Crippen LogP contribution in [0.25, 0.3) is 0 Å². The highest BCUT2D eigenvalue weighted by molar-refractivity contribution is 5.98. The topological polar surface area (TPSA) is 17.1 Å². The third kappa shape index (κ3) is 1.63. The van der Waals surface area contributed by atoms with E-state index in [0.717, 1.165) is 18.4 Å². The first-order chi connectivity index (χ1) is 5.66. The lowest BCUT2D eigenvalue weighted by atomic mass is 9.92. The Morgan fingerprint density at radius 3 is 2.75 bits per heavy atom. The van der Waals surface area contributed by atoms with E-state index >= 15 is 0 Å². The van der Waals surface area contributed by atoms with E-state index in [1.165, 1.54) is 6.92 Å². The fraction of sp³-hybridized carbons (Fsp3) is 0.500. The second kappa shape index (κ2) is 3.65. The van der Waals surface area contributed by atoms with Crippen molar-refractivity contribution < 1.29 is 9.18 Å². The Morgan fingerprint density at radius 2 is 2.33 bits per heavy atom. The number of ketones is 1. The second-order valence-corrected chi connectivity index (χ2v) is 2.96. The van der Waals surface area contributed by atoms with E-state index in [2.05, 4.69) is 0 Å². The highest BCUT2D eigenvalue weighted by Gasteiger charge is 2.18. The molecular formula is C10H13FO. The molecule has 0 aliphatic heterocycles. The quantitative estimate of drug-likeness (QED) is 0.619. The van der Waals surface area contributed by atoms with Crippen LogP contribution in [-0.2, 0) is 4.79 Å². The Balaban J connectivity index is 3.03. The summed E-state index contributed by atoms with van der Waals surface area (Å²) in [4.78, 5) is 11.0. The summed E-state index contributed by atoms with van der Waals surface area (Å²) in [6.45, 7) is 3.36. The molecule has 1 aliphatic rings. The van der Waals surface area contributed by atoms with Gasteiger partial charge in [-0.05, 0) is 25.3 Å². The van der Waals surface area contributed by atoms with Gasteiger partial charge in [-0.15, -0.1) is 0 Å². The molecule has 0 unspecified atom stereocenters. The molecule has 66 valence electrons. The van der Waals surface area contributed by atoms with Gasteiger partial charge in [-0.1, -0.05) is 13.0 Å². The van der Waals surface area contributed by atoms with Crippen LogP contribution in [0.15, 0.2) is 23.0 Å². The molecule has 1 rings (SSSR count). The van der Waals surface area contributed by atoms with E-state index in [-0.39, 0.29) is 11.6 Å². The van der Waals surface area contributed by atoms with E-state index in [9.17, 15) is 9.18 Å². The van der Waals surface area contributed by atoms with E-state index in [1.807, 2.05) is 13.0 Å². The van der Waals surface area contributed by atoms with E-state index in [0.29, 0.717) is 12.0 Å². The Hall–Kier alpha value is -0.920. The summed E-state index contributed by atoms with van der Waals surface area (Å²) in [6, 6.07) is 0. The van der Waals surface area contributed by atoms with Crippen molar-refractivity contribution in [2.45, 2.75) is 33.1 Å². The maximum atomic E-state index is 13.2. The molecular weight excluding hydrogens is 155 g/mol. The normalized spacial score (nSPS) is 17.8. The number of halogens is 1. The van der Waals surface area contributed by atoms with Crippen LogP contribution in [0.5, 0.6) is 0 Å². The van der Waals surface area contributed by atoms with Crippen LogP contribution in [0.2, 0.25) is 0 Å². The Kier molecular flexibility index (Phi) is 2.79. The zero-order valence-electron chi connectivity index (χ0n) is 7.48. The molecule has 0 aromatic carbocycles. The van der Waals surface area contributed by atoms with Crippen LogP contribution < -0.4 is 0 Å². The summed E-state index contributed by atoms with van der Waals surface area (Å²) in [5, 5.41) is 0. The molecule has 0 saturated carbocycles. The molecule has 0 aromatic heterocycles. The first-order valence-electron chi connectivity index (χ1n) is 4.25. The zero-order chi connectivity index (χ0) is 9.14. The standard InChI is InChI=1S/C10H13FO/c1-3-8-5-4-6-9(11)10(8)7(2)12/h5H,3-4,6H2,1-2H3. The molecule has 0 fully saturated rings. The van der Waals surface area contributed by atoms with Crippen LogP contribution in [0.3, 0.4) is 0 Å². The molecule has 0 spiro atoms. The third-order valence-electron chi connectivity index (χ3n) is 2.08. The van der Waals surface area contributed by atoms with Crippen LogP contribution in [0.4, 0.5) is 4.39 Å². The number of hydrogen-bond donors (Lipinski definition) is 0. The monoisotopic (exact) mass is 168 g/mol. The summed E-state index contributed by atoms with van der Waals surface area (Å²) in [6.07, 6.45) is 3.81. The summed E-state index contributed by atoms with van der Waals surface area (Å²) in [5.41, 5.74) is 1.19. The predicted molar refractivity (Wildman–Crippen MR) is 46.4 cm³/mol. The smallest absolute Gasteiger partial charge is 0.162 e. The van der Waals surface area contributed by atoms with Crippen molar-refractivity contribution in [3.63, 3.8) is 0 Å². The molecule has 0 bridgehead atoms. The second-order valence-electron chi connectivity index (χ2n) is 2.96. The minimum absolute atomic E-state index is 0.152. The Bertz CT molecular complexity index is 261. The summed E-state index contributed by atoms with van der Waals surface area (Å²) >= 11 is 0. The minimum Gasteiger partial charge on any atom is -0.294 e. The van der Waals surface area contributed by atoms with Crippen molar-refractivity contribution in [2.24, 2.45) is 0 Å². The van der Waals surface area contributed by atoms with Gasteiger partial charge in [-0.2, -0.15) is 0 Å². The fourth-order valence-corrected chi connectivity index (χ4v) is 1.51. The van der Waals surface area contributed by atoms with E-state index < -0.39 is 0 Å². The molecule has 0 atom stereocenters. The van der Waals surface area contributed by atoms with Gasteiger partial charge in [-0.3, -0.25) is 4.79 Å². The summed E-state index contributed by atoms with van der Waals surface area (Å²) < 4.78 is 13.2. The molecule has 0 heterocycles. The SMILES string of the molecule is CCC1=CCCC(F)=C1C(C)=O. The average Bonchev–Trinajstić information content (AvgIpc) is 2.03. The molecule has 2 heteroatoms. The lowest BCUT2D eigenvalue weighted by Crippen LogP contribution is -2.06. The molecule has 0 radical (unpaired) electrons. The van der Waals surface area contributed by atoms with Crippen LogP contribution in [0, 0.1) is 0 Å². The van der Waals surface area contributed by atoms with Crippen molar-refractivity contribution in [1.29, 1.82) is 0 Å². The minimum atomic E-state index is -0.234. The van der Waals surface area contributed by atoms with Gasteiger partial charge in [-0.25, -0.2) is 4.39 Å². The van der Waals surface area contributed by atoms with Gasteiger partial charge in [0.1, 0.15) is 5.83 Å². The molecule has 1 nitrogen and oxygen atoms in total. The maximum Gasteiger partial charge on any atom is 0.162 e. The Labute approximate surface area is 72.0 Å². The van der Waals surface area contributed by atoms with Gasteiger partial charge in [0.15, 0.2) is 5.78 Å². The molecule has 0 saturated heterocycles. The lowest BCUT2D eigenvalue weighted by molar-refractivity contribution is -0.113. The highest BCUT2D eigenvalue weighted by Crippen LogP contribution is 2.28. The first-order valence-corrected chi connectivity index (χ1v) is 4.25. The van der Waals surface area contributed by atoms with Crippen LogP contribution >= 0.6 is 0 Å². The molecule has 1 aliphatic carbocycles. The van der Waals surface area contributed by atoms with Crippen molar-refractivity contribution in [3.8, 4) is 0 Å². The average molecular weight is 168 g/mol. The molecule has 12 heavy (non-hydrogen) atoms. The van der Waals surface area contributed by atoms with Crippen LogP contribution in [0.1, 0.15) is 33.1 Å². The lowest BCUT2D eigenvalue weighted by Gasteiger charge is -2.13. The van der Waals surface area contributed by atoms with Gasteiger partial charge in [0.2, 0.25) is 0 Å². The van der Waals surface area contributed by atoms with E-state index in [4.69, 9.17) is 0 Å². The third-order valence-corrected chi connectivity index (χ3v) is 2.08. The number of carbonyl (C=O) groups excluding carboxylic acids is 1. The number of allylic oxidation sites excluding steroid dienone is 4. The zero-order valence-corrected chi connectivity index (χ0v) is 7.48. The van der Waals surface area contributed by atoms with E-state index in [1.54, 1.807) is 0 Å². The van der Waals surface area contributed by atoms with Crippen molar-refractivity contribution in [3.05, 3.63) is 23.0 Å². The summed E-state index contributed by atoms with van der Waals surface area (Å²) in [5.74, 6) is -0.387. The molecule has 0 aromatic rings. The largest absolute Gasteiger partial charge is 0.294 e. The van der Waals surface area contributed by atoms with Gasteiger partial charge in [0, 0.05) is 6.42 Å². The first kappa shape index (κ1) is 9.17. The van der Waals surface area contributed by atoms with Gasteiger partial charge >= 0.3 is 0 Å². The maximum absolute atomic E-state index is 13.2. The highest BCUT2D eigenvalue weighted by atomic mass is 19.1. The fourth-order valence-electron chi connectivity index (χ4n) is 1.51. The van der Waals surface area contributed by atoms with Crippen LogP contribution in [-0.4, -0.2) is 5.78 Å². The van der Waals surface area contributed by atoms with Gasteiger partial charge in [0.05, 0.1) is 5.57 Å². The van der Waals surface area contributed by atoms with Crippen molar-refractivity contribution in [1.82, 2.24) is 0 Å². The van der Waals surface area contributed by atoms with Gasteiger partial charge < -0.3 is 0 Å². The number of rotatable bonds is 2. The molecule has 0 N–H and O–H groups in total. The Morgan fingerprint density at radius 1 is 1.67 bits per heavy atom. The number of Topliss-reactive ketones (excluding diaryl/α,β-unsaturated/α-hetero) is 1. The van der Waals surface area contributed by atoms with Gasteiger partial charge in [0.25, 0.3) is 0 Å². The van der Waals surface area contributed by atoms with Crippen molar-refractivity contribution in [2.75, 3.05) is 0 Å². The molecule has 0 amide bonds.